The summed E-state index contributed by atoms with van der Waals surface area (Å²) in [5.41, 5.74) is 0. The van der Waals surface area contributed by atoms with Gasteiger partial charge in [0.2, 0.25) is 0 Å². The minimum Gasteiger partial charge on any atom is -0.348 e. The minimum absolute atomic E-state index is 0.0726. The molecular formula is C16H26N2O3. The molecule has 21 heavy (non-hydrogen) atoms. The maximum atomic E-state index is 12.3. The molecule has 0 radical (unpaired) electrons. The Morgan fingerprint density at radius 2 is 1.95 bits per heavy atom. The highest BCUT2D eigenvalue weighted by Gasteiger charge is 2.41. The van der Waals surface area contributed by atoms with Gasteiger partial charge in [-0.2, -0.15) is 0 Å². The van der Waals surface area contributed by atoms with Crippen LogP contribution in [0.1, 0.15) is 39.0 Å². The van der Waals surface area contributed by atoms with Crippen LogP contribution in [0.3, 0.4) is 0 Å². The molecule has 0 bridgehead atoms. The number of hydrogen-bond acceptors (Lipinski definition) is 3. The molecule has 3 aliphatic rings. The maximum absolute atomic E-state index is 12.3. The molecule has 0 aromatic rings. The van der Waals surface area contributed by atoms with Gasteiger partial charge in [-0.25, -0.2) is 4.79 Å². The third kappa shape index (κ3) is 3.40. The molecule has 118 valence electrons. The molecule has 0 aromatic carbocycles. The summed E-state index contributed by atoms with van der Waals surface area (Å²) in [6.07, 6.45) is 9.53. The number of piperidine rings is 1. The first kappa shape index (κ1) is 14.9. The fourth-order valence-electron chi connectivity index (χ4n) is 3.56. The van der Waals surface area contributed by atoms with Crippen LogP contribution >= 0.6 is 0 Å². The van der Waals surface area contributed by atoms with Gasteiger partial charge in [-0.05, 0) is 39.0 Å². The summed E-state index contributed by atoms with van der Waals surface area (Å²) in [7, 11) is 0. The zero-order valence-electron chi connectivity index (χ0n) is 12.8. The van der Waals surface area contributed by atoms with Crippen LogP contribution in [-0.4, -0.2) is 49.1 Å². The number of nitrogens with zero attached hydrogens (tertiary/aromatic N) is 1. The van der Waals surface area contributed by atoms with Gasteiger partial charge in [0.1, 0.15) is 0 Å². The van der Waals surface area contributed by atoms with Gasteiger partial charge in [0.25, 0.3) is 0 Å². The number of hydrogen-bond donors (Lipinski definition) is 1. The number of carbonyl (C=O) groups excluding carboxylic acids is 1. The quantitative estimate of drug-likeness (QED) is 0.795. The average molecular weight is 294 g/mol. The number of nitrogens with one attached hydrogen (secondary N) is 1. The van der Waals surface area contributed by atoms with E-state index in [-0.39, 0.29) is 12.1 Å². The monoisotopic (exact) mass is 294 g/mol. The van der Waals surface area contributed by atoms with Crippen molar-refractivity contribution < 1.29 is 14.3 Å². The molecule has 2 fully saturated rings. The zero-order valence-corrected chi connectivity index (χ0v) is 12.8. The number of rotatable bonds is 2. The summed E-state index contributed by atoms with van der Waals surface area (Å²) in [5, 5.41) is 3.12. The summed E-state index contributed by atoms with van der Waals surface area (Å²) in [5.74, 6) is -0.0482. The largest absolute Gasteiger partial charge is 0.348 e. The van der Waals surface area contributed by atoms with E-state index in [1.807, 2.05) is 11.8 Å². The number of urea groups is 1. The summed E-state index contributed by atoms with van der Waals surface area (Å²) in [4.78, 5) is 14.2. The van der Waals surface area contributed by atoms with E-state index in [1.165, 1.54) is 0 Å². The number of amides is 2. The van der Waals surface area contributed by atoms with Crippen molar-refractivity contribution >= 4 is 6.03 Å². The molecule has 2 amide bonds. The van der Waals surface area contributed by atoms with Crippen LogP contribution in [0.15, 0.2) is 12.2 Å². The standard InChI is InChI=1S/C16H26N2O3/c1-16(20-11-12-21-16)13-7-9-18(10-8-13)15(19)17-14-5-3-2-4-6-14/h3,5,13-14H,2,4,6-12H2,1H3,(H,17,19). The van der Waals surface area contributed by atoms with E-state index in [0.29, 0.717) is 19.1 Å². The third-order valence-corrected chi connectivity index (χ3v) is 4.95. The van der Waals surface area contributed by atoms with Crippen molar-refractivity contribution in [2.45, 2.75) is 50.9 Å². The summed E-state index contributed by atoms with van der Waals surface area (Å²) >= 11 is 0. The topological polar surface area (TPSA) is 50.8 Å². The number of allylic oxidation sites excluding steroid dienone is 1. The number of likely N-dealkylation sites (tertiary alicyclic amines) is 1. The molecule has 2 saturated heterocycles. The van der Waals surface area contributed by atoms with E-state index >= 15 is 0 Å². The molecule has 2 aliphatic heterocycles. The molecule has 0 aromatic heterocycles. The van der Waals surface area contributed by atoms with Crippen LogP contribution in [0.4, 0.5) is 4.79 Å². The second kappa shape index (κ2) is 6.36. The lowest BCUT2D eigenvalue weighted by Gasteiger charge is -2.39. The fraction of sp³-hybridized carbons (Fsp3) is 0.812. The van der Waals surface area contributed by atoms with Crippen LogP contribution in [0, 0.1) is 5.92 Å². The molecule has 0 spiro atoms. The highest BCUT2D eigenvalue weighted by molar-refractivity contribution is 5.74. The first-order valence-electron chi connectivity index (χ1n) is 8.17. The lowest BCUT2D eigenvalue weighted by Crippen LogP contribution is -2.50. The average Bonchev–Trinajstić information content (AvgIpc) is 2.96. The van der Waals surface area contributed by atoms with Crippen molar-refractivity contribution in [3.63, 3.8) is 0 Å². The Labute approximate surface area is 126 Å². The van der Waals surface area contributed by atoms with Crippen molar-refractivity contribution in [1.82, 2.24) is 10.2 Å². The van der Waals surface area contributed by atoms with Gasteiger partial charge in [0.05, 0.1) is 13.2 Å². The van der Waals surface area contributed by atoms with Crippen LogP contribution in [-0.2, 0) is 9.47 Å². The van der Waals surface area contributed by atoms with Crippen molar-refractivity contribution in [2.24, 2.45) is 5.92 Å². The van der Waals surface area contributed by atoms with Crippen LogP contribution < -0.4 is 5.32 Å². The molecule has 0 saturated carbocycles. The van der Waals surface area contributed by atoms with Gasteiger partial charge in [-0.1, -0.05) is 12.2 Å². The fourth-order valence-corrected chi connectivity index (χ4v) is 3.56. The first-order valence-corrected chi connectivity index (χ1v) is 8.17. The summed E-state index contributed by atoms with van der Waals surface area (Å²) in [6, 6.07) is 0.284. The van der Waals surface area contributed by atoms with Crippen LogP contribution in [0.2, 0.25) is 0 Å². The molecule has 1 atom stereocenters. The Morgan fingerprint density at radius 3 is 2.57 bits per heavy atom. The van der Waals surface area contributed by atoms with Crippen LogP contribution in [0.25, 0.3) is 0 Å². The molecule has 1 unspecified atom stereocenters. The van der Waals surface area contributed by atoms with Gasteiger partial charge in [-0.3, -0.25) is 0 Å². The Bertz CT molecular complexity index is 396. The molecule has 5 nitrogen and oxygen atoms in total. The Hall–Kier alpha value is -1.07. The Kier molecular flexibility index (Phi) is 4.50. The van der Waals surface area contributed by atoms with Gasteiger partial charge in [0.15, 0.2) is 5.79 Å². The van der Waals surface area contributed by atoms with Crippen molar-refractivity contribution in [3.8, 4) is 0 Å². The van der Waals surface area contributed by atoms with Gasteiger partial charge in [-0.15, -0.1) is 0 Å². The second-order valence-electron chi connectivity index (χ2n) is 6.39. The van der Waals surface area contributed by atoms with Gasteiger partial charge < -0.3 is 19.7 Å². The van der Waals surface area contributed by atoms with E-state index in [9.17, 15) is 4.79 Å². The number of carbonyl (C=O) groups is 1. The lowest BCUT2D eigenvalue weighted by molar-refractivity contribution is -0.189. The minimum atomic E-state index is -0.436. The van der Waals surface area contributed by atoms with Gasteiger partial charge >= 0.3 is 6.03 Å². The van der Waals surface area contributed by atoms with Crippen molar-refractivity contribution in [3.05, 3.63) is 12.2 Å². The highest BCUT2D eigenvalue weighted by Crippen LogP contribution is 2.34. The second-order valence-corrected chi connectivity index (χ2v) is 6.39. The Balaban J connectivity index is 1.47. The highest BCUT2D eigenvalue weighted by atomic mass is 16.7. The van der Waals surface area contributed by atoms with E-state index < -0.39 is 5.79 Å². The van der Waals surface area contributed by atoms with Crippen LogP contribution in [0.5, 0.6) is 0 Å². The van der Waals surface area contributed by atoms with E-state index in [1.54, 1.807) is 0 Å². The molecular weight excluding hydrogens is 268 g/mol. The van der Waals surface area contributed by atoms with E-state index in [4.69, 9.17) is 9.47 Å². The third-order valence-electron chi connectivity index (χ3n) is 4.95. The molecule has 2 heterocycles. The SMILES string of the molecule is CC1(C2CCN(C(=O)NC3C=CCCC3)CC2)OCCO1. The molecule has 1 aliphatic carbocycles. The normalized spacial score (nSPS) is 29.6. The smallest absolute Gasteiger partial charge is 0.317 e. The van der Waals surface area contributed by atoms with E-state index in [0.717, 1.165) is 45.2 Å². The predicted octanol–water partition coefficient (Wildman–Crippen LogP) is 2.28. The van der Waals surface area contributed by atoms with Crippen molar-refractivity contribution in [1.29, 1.82) is 0 Å². The lowest BCUT2D eigenvalue weighted by atomic mass is 9.89. The van der Waals surface area contributed by atoms with E-state index in [2.05, 4.69) is 17.5 Å². The predicted molar refractivity (Wildman–Crippen MR) is 79.9 cm³/mol. The Morgan fingerprint density at radius 1 is 1.24 bits per heavy atom. The molecule has 3 rings (SSSR count). The first-order chi connectivity index (χ1) is 10.2. The number of ether oxygens (including phenoxy) is 2. The summed E-state index contributed by atoms with van der Waals surface area (Å²) < 4.78 is 11.5. The molecule has 1 N–H and O–H groups in total. The van der Waals surface area contributed by atoms with Crippen molar-refractivity contribution in [2.75, 3.05) is 26.3 Å². The maximum Gasteiger partial charge on any atom is 0.317 e. The molecule has 5 heteroatoms. The van der Waals surface area contributed by atoms with Gasteiger partial charge in [0, 0.05) is 25.0 Å². The zero-order chi connectivity index (χ0) is 14.7. The summed E-state index contributed by atoms with van der Waals surface area (Å²) in [6.45, 7) is 4.98.